The van der Waals surface area contributed by atoms with Crippen molar-refractivity contribution in [3.8, 4) is 0 Å². The summed E-state index contributed by atoms with van der Waals surface area (Å²) < 4.78 is 15.7. The molecular formula is C16H11FN6O2. The fourth-order valence-electron chi connectivity index (χ4n) is 2.75. The van der Waals surface area contributed by atoms with Crippen LogP contribution in [0.25, 0.3) is 5.70 Å². The molecule has 4 rings (SSSR count). The molecule has 0 fully saturated rings. The molecule has 0 amide bonds. The molecule has 2 aromatic carbocycles. The third-order valence-electron chi connectivity index (χ3n) is 3.92. The van der Waals surface area contributed by atoms with Crippen LogP contribution in [0, 0.1) is 15.9 Å². The first kappa shape index (κ1) is 14.9. The van der Waals surface area contributed by atoms with Crippen molar-refractivity contribution in [2.24, 2.45) is 0 Å². The smallest absolute Gasteiger partial charge is 0.270 e. The molecule has 8 nitrogen and oxygen atoms in total. The van der Waals surface area contributed by atoms with E-state index in [1.54, 1.807) is 36.4 Å². The highest BCUT2D eigenvalue weighted by Crippen LogP contribution is 2.33. The number of allylic oxidation sites excluding steroid dienone is 1. The Kier molecular flexibility index (Phi) is 3.46. The normalized spacial score (nSPS) is 15.9. The van der Waals surface area contributed by atoms with Gasteiger partial charge in [0.2, 0.25) is 5.95 Å². The highest BCUT2D eigenvalue weighted by Gasteiger charge is 2.26. The number of nitro benzene ring substituents is 1. The third kappa shape index (κ3) is 2.61. The largest absolute Gasteiger partial charge is 0.323 e. The van der Waals surface area contributed by atoms with Gasteiger partial charge >= 0.3 is 0 Å². The number of tetrazole rings is 1. The van der Waals surface area contributed by atoms with Crippen molar-refractivity contribution in [2.75, 3.05) is 5.32 Å². The summed E-state index contributed by atoms with van der Waals surface area (Å²) in [7, 11) is 0. The van der Waals surface area contributed by atoms with Crippen LogP contribution < -0.4 is 5.32 Å². The van der Waals surface area contributed by atoms with Gasteiger partial charge in [0.25, 0.3) is 5.69 Å². The van der Waals surface area contributed by atoms with E-state index in [0.29, 0.717) is 22.8 Å². The van der Waals surface area contributed by atoms with Crippen molar-refractivity contribution >= 4 is 17.3 Å². The van der Waals surface area contributed by atoms with Crippen LogP contribution in [0.3, 0.4) is 0 Å². The van der Waals surface area contributed by atoms with Gasteiger partial charge in [-0.25, -0.2) is 4.39 Å². The Balaban J connectivity index is 1.83. The van der Waals surface area contributed by atoms with Crippen molar-refractivity contribution in [3.63, 3.8) is 0 Å². The lowest BCUT2D eigenvalue weighted by Gasteiger charge is -2.23. The maximum atomic E-state index is 14.3. The second-order valence-corrected chi connectivity index (χ2v) is 5.43. The van der Waals surface area contributed by atoms with E-state index in [9.17, 15) is 14.5 Å². The van der Waals surface area contributed by atoms with Crippen LogP contribution in [0.15, 0.2) is 54.6 Å². The van der Waals surface area contributed by atoms with E-state index >= 15 is 0 Å². The third-order valence-corrected chi connectivity index (χ3v) is 3.92. The molecule has 0 saturated carbocycles. The Morgan fingerprint density at radius 1 is 1.20 bits per heavy atom. The molecule has 0 radical (unpaired) electrons. The molecule has 0 spiro atoms. The van der Waals surface area contributed by atoms with Crippen LogP contribution in [-0.4, -0.2) is 25.1 Å². The summed E-state index contributed by atoms with van der Waals surface area (Å²) in [6.45, 7) is 0. The van der Waals surface area contributed by atoms with E-state index in [4.69, 9.17) is 0 Å². The summed E-state index contributed by atoms with van der Waals surface area (Å²) in [5, 5.41) is 25.4. The highest BCUT2D eigenvalue weighted by atomic mass is 19.1. The monoisotopic (exact) mass is 338 g/mol. The van der Waals surface area contributed by atoms with E-state index in [1.807, 2.05) is 0 Å². The standard InChI is InChI=1S/C16H11FN6O2/c17-13-7-2-1-6-12(13)15-9-14(18-16-19-20-21-22(15)16)10-4-3-5-11(8-10)23(24)25/h1-9,15H,(H,18,19,21)/t15-/m0/s1. The number of rotatable bonds is 3. The van der Waals surface area contributed by atoms with Gasteiger partial charge in [0, 0.05) is 29.0 Å². The summed E-state index contributed by atoms with van der Waals surface area (Å²) in [4.78, 5) is 10.5. The molecule has 2 heterocycles. The topological polar surface area (TPSA) is 98.8 Å². The van der Waals surface area contributed by atoms with Crippen LogP contribution in [-0.2, 0) is 0 Å². The molecule has 3 aromatic rings. The first-order chi connectivity index (χ1) is 12.1. The van der Waals surface area contributed by atoms with Crippen LogP contribution in [0.4, 0.5) is 16.0 Å². The molecule has 1 atom stereocenters. The number of nitrogens with zero attached hydrogens (tertiary/aromatic N) is 5. The Bertz CT molecular complexity index is 1000. The molecule has 1 aliphatic rings. The average molecular weight is 338 g/mol. The average Bonchev–Trinajstić information content (AvgIpc) is 3.10. The number of non-ortho nitro benzene ring substituents is 1. The number of nitro groups is 1. The van der Waals surface area contributed by atoms with E-state index < -0.39 is 11.0 Å². The second kappa shape index (κ2) is 5.78. The molecule has 0 bridgehead atoms. The molecule has 9 heteroatoms. The molecule has 1 aromatic heterocycles. The van der Waals surface area contributed by atoms with Crippen LogP contribution in [0.2, 0.25) is 0 Å². The zero-order valence-electron chi connectivity index (χ0n) is 12.7. The fraction of sp³-hybridized carbons (Fsp3) is 0.0625. The van der Waals surface area contributed by atoms with Crippen LogP contribution in [0.5, 0.6) is 0 Å². The lowest BCUT2D eigenvalue weighted by atomic mass is 10.0. The summed E-state index contributed by atoms with van der Waals surface area (Å²) in [6.07, 6.45) is 1.74. The van der Waals surface area contributed by atoms with Gasteiger partial charge in [0.05, 0.1) is 4.92 Å². The summed E-state index contributed by atoms with van der Waals surface area (Å²) in [5.41, 5.74) is 1.53. The molecular weight excluding hydrogens is 327 g/mol. The molecule has 0 unspecified atom stereocenters. The quantitative estimate of drug-likeness (QED) is 0.582. The number of hydrogen-bond donors (Lipinski definition) is 1. The first-order valence-electron chi connectivity index (χ1n) is 7.39. The van der Waals surface area contributed by atoms with Gasteiger partial charge in [-0.05, 0) is 22.6 Å². The molecule has 124 valence electrons. The number of anilines is 1. The van der Waals surface area contributed by atoms with Crippen molar-refractivity contribution in [1.82, 2.24) is 20.2 Å². The van der Waals surface area contributed by atoms with E-state index in [-0.39, 0.29) is 11.5 Å². The Morgan fingerprint density at radius 2 is 2.04 bits per heavy atom. The van der Waals surface area contributed by atoms with E-state index in [0.717, 1.165) is 0 Å². The van der Waals surface area contributed by atoms with Gasteiger partial charge in [0.15, 0.2) is 0 Å². The zero-order valence-corrected chi connectivity index (χ0v) is 12.7. The Morgan fingerprint density at radius 3 is 2.84 bits per heavy atom. The molecule has 1 N–H and O–H groups in total. The van der Waals surface area contributed by atoms with Crippen LogP contribution in [0.1, 0.15) is 17.2 Å². The van der Waals surface area contributed by atoms with Gasteiger partial charge in [0.1, 0.15) is 11.9 Å². The lowest BCUT2D eigenvalue weighted by molar-refractivity contribution is -0.384. The van der Waals surface area contributed by atoms with Crippen molar-refractivity contribution in [3.05, 3.63) is 81.7 Å². The lowest BCUT2D eigenvalue weighted by Crippen LogP contribution is -2.21. The van der Waals surface area contributed by atoms with Crippen molar-refractivity contribution in [1.29, 1.82) is 0 Å². The number of fused-ring (bicyclic) bond motifs is 1. The number of nitrogens with one attached hydrogen (secondary N) is 1. The van der Waals surface area contributed by atoms with Crippen molar-refractivity contribution in [2.45, 2.75) is 6.04 Å². The summed E-state index contributed by atoms with van der Waals surface area (Å²) >= 11 is 0. The summed E-state index contributed by atoms with van der Waals surface area (Å²) in [5.74, 6) is -0.0530. The van der Waals surface area contributed by atoms with Gasteiger partial charge in [-0.1, -0.05) is 35.4 Å². The number of hydrogen-bond acceptors (Lipinski definition) is 6. The van der Waals surface area contributed by atoms with E-state index in [2.05, 4.69) is 20.8 Å². The minimum atomic E-state index is -0.568. The minimum absolute atomic E-state index is 0.0344. The van der Waals surface area contributed by atoms with Gasteiger partial charge in [-0.15, -0.1) is 0 Å². The predicted octanol–water partition coefficient (Wildman–Crippen LogP) is 2.78. The SMILES string of the molecule is O=[N+]([O-])c1cccc(C2=C[C@@H](c3ccccc3F)n3nnnc3N2)c1. The molecule has 25 heavy (non-hydrogen) atoms. The Hall–Kier alpha value is -3.62. The molecule has 0 aliphatic carbocycles. The Labute approximate surface area is 140 Å². The van der Waals surface area contributed by atoms with Crippen molar-refractivity contribution < 1.29 is 9.31 Å². The summed E-state index contributed by atoms with van der Waals surface area (Å²) in [6, 6.07) is 11.9. The van der Waals surface area contributed by atoms with E-state index in [1.165, 1.54) is 22.9 Å². The number of benzene rings is 2. The minimum Gasteiger partial charge on any atom is -0.323 e. The number of aromatic nitrogens is 4. The fourth-order valence-corrected chi connectivity index (χ4v) is 2.75. The second-order valence-electron chi connectivity index (χ2n) is 5.43. The molecule has 1 aliphatic heterocycles. The molecule has 0 saturated heterocycles. The van der Waals surface area contributed by atoms with Gasteiger partial charge in [-0.3, -0.25) is 10.1 Å². The van der Waals surface area contributed by atoms with Gasteiger partial charge < -0.3 is 5.32 Å². The zero-order chi connectivity index (χ0) is 17.4. The maximum absolute atomic E-state index is 14.3. The predicted molar refractivity (Wildman–Crippen MR) is 87.1 cm³/mol. The highest BCUT2D eigenvalue weighted by molar-refractivity contribution is 5.77. The number of halogens is 1. The maximum Gasteiger partial charge on any atom is 0.270 e. The van der Waals surface area contributed by atoms with Crippen LogP contribution >= 0.6 is 0 Å². The van der Waals surface area contributed by atoms with Gasteiger partial charge in [-0.2, -0.15) is 4.68 Å². The first-order valence-corrected chi connectivity index (χ1v) is 7.39.